The van der Waals surface area contributed by atoms with Crippen molar-refractivity contribution < 1.29 is 32.2 Å². The molecule has 0 aliphatic rings. The average Bonchev–Trinajstić information content (AvgIpc) is 2.59. The SMILES string of the molecule is CCOC(=O)c1cc(OCc2ccccc2)cc(C(F)(F)F)c1C(C)=O. The van der Waals surface area contributed by atoms with E-state index in [1.165, 1.54) is 6.92 Å². The van der Waals surface area contributed by atoms with E-state index >= 15 is 0 Å². The van der Waals surface area contributed by atoms with Gasteiger partial charge in [-0.3, -0.25) is 4.79 Å². The fourth-order valence-electron chi connectivity index (χ4n) is 2.41. The quantitative estimate of drug-likeness (QED) is 0.551. The van der Waals surface area contributed by atoms with Crippen molar-refractivity contribution in [1.29, 1.82) is 0 Å². The number of hydrogen-bond donors (Lipinski definition) is 0. The molecule has 0 bridgehead atoms. The molecular formula is C19H17F3O4. The summed E-state index contributed by atoms with van der Waals surface area (Å²) >= 11 is 0. The van der Waals surface area contributed by atoms with Gasteiger partial charge in [-0.15, -0.1) is 0 Å². The highest BCUT2D eigenvalue weighted by Gasteiger charge is 2.38. The van der Waals surface area contributed by atoms with E-state index in [0.29, 0.717) is 0 Å². The Labute approximate surface area is 148 Å². The molecule has 2 aromatic rings. The molecular weight excluding hydrogens is 349 g/mol. The van der Waals surface area contributed by atoms with Crippen molar-refractivity contribution in [3.63, 3.8) is 0 Å². The summed E-state index contributed by atoms with van der Waals surface area (Å²) in [6.45, 7) is 2.47. The maximum Gasteiger partial charge on any atom is 0.417 e. The summed E-state index contributed by atoms with van der Waals surface area (Å²) in [6, 6.07) is 10.7. The van der Waals surface area contributed by atoms with E-state index in [4.69, 9.17) is 9.47 Å². The van der Waals surface area contributed by atoms with Gasteiger partial charge < -0.3 is 9.47 Å². The second-order valence-electron chi connectivity index (χ2n) is 5.44. The Morgan fingerprint density at radius 2 is 1.73 bits per heavy atom. The van der Waals surface area contributed by atoms with Gasteiger partial charge in [-0.05, 0) is 31.5 Å². The van der Waals surface area contributed by atoms with Gasteiger partial charge in [0.15, 0.2) is 5.78 Å². The number of carbonyl (C=O) groups is 2. The Balaban J connectivity index is 2.50. The molecule has 0 atom stereocenters. The lowest BCUT2D eigenvalue weighted by molar-refractivity contribution is -0.138. The number of benzene rings is 2. The van der Waals surface area contributed by atoms with Crippen molar-refractivity contribution in [1.82, 2.24) is 0 Å². The molecule has 26 heavy (non-hydrogen) atoms. The Kier molecular flexibility index (Phi) is 6.02. The number of Topliss-reactive ketones (excluding diaryl/α,β-unsaturated/α-hetero) is 1. The van der Waals surface area contributed by atoms with Crippen LogP contribution in [0.3, 0.4) is 0 Å². The lowest BCUT2D eigenvalue weighted by Gasteiger charge is -2.17. The number of ketones is 1. The van der Waals surface area contributed by atoms with Crippen LogP contribution in [0.15, 0.2) is 42.5 Å². The van der Waals surface area contributed by atoms with Gasteiger partial charge in [-0.2, -0.15) is 13.2 Å². The number of rotatable bonds is 6. The molecule has 0 saturated carbocycles. The largest absolute Gasteiger partial charge is 0.489 e. The van der Waals surface area contributed by atoms with E-state index in [-0.39, 0.29) is 19.0 Å². The van der Waals surface area contributed by atoms with Crippen molar-refractivity contribution in [3.05, 3.63) is 64.7 Å². The van der Waals surface area contributed by atoms with Crippen LogP contribution in [0.5, 0.6) is 5.75 Å². The summed E-state index contributed by atoms with van der Waals surface area (Å²) in [5.41, 5.74) is -1.66. The van der Waals surface area contributed by atoms with Crippen LogP contribution >= 0.6 is 0 Å². The second kappa shape index (κ2) is 8.03. The topological polar surface area (TPSA) is 52.6 Å². The molecule has 0 aliphatic carbocycles. The third kappa shape index (κ3) is 4.62. The van der Waals surface area contributed by atoms with Gasteiger partial charge in [0.25, 0.3) is 0 Å². The predicted molar refractivity (Wildman–Crippen MR) is 88.2 cm³/mol. The number of esters is 1. The first kappa shape index (κ1) is 19.5. The zero-order valence-electron chi connectivity index (χ0n) is 14.2. The Hall–Kier alpha value is -2.83. The van der Waals surface area contributed by atoms with E-state index < -0.39 is 34.6 Å². The fourth-order valence-corrected chi connectivity index (χ4v) is 2.41. The van der Waals surface area contributed by atoms with Crippen molar-refractivity contribution >= 4 is 11.8 Å². The summed E-state index contributed by atoms with van der Waals surface area (Å²) in [6.07, 6.45) is -4.83. The monoisotopic (exact) mass is 366 g/mol. The summed E-state index contributed by atoms with van der Waals surface area (Å²) in [4.78, 5) is 23.9. The van der Waals surface area contributed by atoms with Gasteiger partial charge in [0.05, 0.1) is 17.7 Å². The smallest absolute Gasteiger partial charge is 0.417 e. The average molecular weight is 366 g/mol. The Morgan fingerprint density at radius 3 is 2.27 bits per heavy atom. The standard InChI is InChI=1S/C19H17F3O4/c1-3-25-18(24)15-9-14(26-11-13-7-5-4-6-8-13)10-16(19(20,21)22)17(15)12(2)23/h4-10H,3,11H2,1-2H3. The van der Waals surface area contributed by atoms with Gasteiger partial charge >= 0.3 is 12.1 Å². The summed E-state index contributed by atoms with van der Waals surface area (Å²) < 4.78 is 50.5. The number of halogens is 3. The summed E-state index contributed by atoms with van der Waals surface area (Å²) in [5, 5.41) is 0. The molecule has 4 nitrogen and oxygen atoms in total. The molecule has 0 aliphatic heterocycles. The lowest BCUT2D eigenvalue weighted by atomic mass is 9.96. The molecule has 7 heteroatoms. The third-order valence-corrected chi connectivity index (χ3v) is 3.51. The maximum atomic E-state index is 13.4. The van der Waals surface area contributed by atoms with Gasteiger partial charge in [0, 0.05) is 5.56 Å². The molecule has 0 aromatic heterocycles. The van der Waals surface area contributed by atoms with E-state index in [0.717, 1.165) is 24.6 Å². The molecule has 0 fully saturated rings. The molecule has 0 unspecified atom stereocenters. The van der Waals surface area contributed by atoms with Gasteiger partial charge in [0.1, 0.15) is 12.4 Å². The van der Waals surface area contributed by atoms with Crippen LogP contribution < -0.4 is 4.74 Å². The molecule has 0 spiro atoms. The first-order chi connectivity index (χ1) is 12.2. The summed E-state index contributed by atoms with van der Waals surface area (Å²) in [7, 11) is 0. The van der Waals surface area contributed by atoms with E-state index in [9.17, 15) is 22.8 Å². The van der Waals surface area contributed by atoms with Crippen LogP contribution in [0.4, 0.5) is 13.2 Å². The molecule has 2 rings (SSSR count). The minimum atomic E-state index is -4.83. The van der Waals surface area contributed by atoms with E-state index in [2.05, 4.69) is 0 Å². The van der Waals surface area contributed by atoms with Crippen molar-refractivity contribution in [2.45, 2.75) is 26.6 Å². The zero-order chi connectivity index (χ0) is 19.3. The Morgan fingerprint density at radius 1 is 1.08 bits per heavy atom. The van der Waals surface area contributed by atoms with Crippen molar-refractivity contribution in [2.24, 2.45) is 0 Å². The molecule has 138 valence electrons. The fraction of sp³-hybridized carbons (Fsp3) is 0.263. The van der Waals surface area contributed by atoms with Crippen LogP contribution in [0.2, 0.25) is 0 Å². The van der Waals surface area contributed by atoms with Gasteiger partial charge in [0.2, 0.25) is 0 Å². The number of ether oxygens (including phenoxy) is 2. The molecule has 0 heterocycles. The van der Waals surface area contributed by atoms with Gasteiger partial charge in [-0.1, -0.05) is 30.3 Å². The normalized spacial score (nSPS) is 11.1. The van der Waals surface area contributed by atoms with Crippen molar-refractivity contribution in [2.75, 3.05) is 6.61 Å². The predicted octanol–water partition coefficient (Wildman–Crippen LogP) is 4.66. The van der Waals surface area contributed by atoms with Gasteiger partial charge in [-0.25, -0.2) is 4.79 Å². The number of alkyl halides is 3. The second-order valence-corrected chi connectivity index (χ2v) is 5.44. The van der Waals surface area contributed by atoms with Crippen LogP contribution in [-0.2, 0) is 17.5 Å². The first-order valence-corrected chi connectivity index (χ1v) is 7.84. The number of carbonyl (C=O) groups excluding carboxylic acids is 2. The minimum Gasteiger partial charge on any atom is -0.489 e. The molecule has 0 amide bonds. The number of hydrogen-bond acceptors (Lipinski definition) is 4. The molecule has 2 aromatic carbocycles. The maximum absolute atomic E-state index is 13.4. The van der Waals surface area contributed by atoms with Crippen LogP contribution in [0, 0.1) is 0 Å². The molecule has 0 N–H and O–H groups in total. The van der Waals surface area contributed by atoms with Crippen LogP contribution in [0.25, 0.3) is 0 Å². The summed E-state index contributed by atoms with van der Waals surface area (Å²) in [5.74, 6) is -2.06. The van der Waals surface area contributed by atoms with E-state index in [1.807, 2.05) is 0 Å². The highest BCUT2D eigenvalue weighted by atomic mass is 19.4. The van der Waals surface area contributed by atoms with Crippen LogP contribution in [0.1, 0.15) is 45.7 Å². The molecule has 0 saturated heterocycles. The zero-order valence-corrected chi connectivity index (χ0v) is 14.2. The Bertz CT molecular complexity index is 798. The minimum absolute atomic E-state index is 0.0137. The van der Waals surface area contributed by atoms with E-state index in [1.54, 1.807) is 30.3 Å². The van der Waals surface area contributed by atoms with Crippen LogP contribution in [-0.4, -0.2) is 18.4 Å². The third-order valence-electron chi connectivity index (χ3n) is 3.51. The first-order valence-electron chi connectivity index (χ1n) is 7.84. The molecule has 0 radical (unpaired) electrons. The lowest BCUT2D eigenvalue weighted by Crippen LogP contribution is -2.18. The highest BCUT2D eigenvalue weighted by molar-refractivity contribution is 6.07. The highest BCUT2D eigenvalue weighted by Crippen LogP contribution is 2.37. The van der Waals surface area contributed by atoms with Crippen molar-refractivity contribution in [3.8, 4) is 5.75 Å².